The van der Waals surface area contributed by atoms with E-state index in [1.54, 1.807) is 6.08 Å². The molecule has 0 saturated carbocycles. The molecular formula is C26H35NO. The largest absolute Gasteiger partial charge is 0.488 e. The Labute approximate surface area is 171 Å². The topological polar surface area (TPSA) is 14.2 Å². The van der Waals surface area contributed by atoms with E-state index in [0.717, 1.165) is 18.7 Å². The van der Waals surface area contributed by atoms with Crippen molar-refractivity contribution in [2.75, 3.05) is 0 Å². The van der Waals surface area contributed by atoms with E-state index < -0.39 is 0 Å². The lowest BCUT2D eigenvalue weighted by Gasteiger charge is -2.08. The SMILES string of the molecule is C=C(C)CC.C=CC.CCn1c(C)cc2c(OCc3ccccc3)cccc21. The summed E-state index contributed by atoms with van der Waals surface area (Å²) in [5.41, 5.74) is 4.97. The molecule has 0 unspecified atom stereocenters. The number of hydrogen-bond acceptors (Lipinski definition) is 1. The van der Waals surface area contributed by atoms with Gasteiger partial charge in [-0.3, -0.25) is 0 Å². The van der Waals surface area contributed by atoms with Gasteiger partial charge in [-0.2, -0.15) is 0 Å². The summed E-state index contributed by atoms with van der Waals surface area (Å²) in [6.45, 7) is 19.0. The Kier molecular flexibility index (Phi) is 10.5. The molecule has 3 aromatic rings. The van der Waals surface area contributed by atoms with Crippen LogP contribution in [0.4, 0.5) is 0 Å². The summed E-state index contributed by atoms with van der Waals surface area (Å²) in [6, 6.07) is 18.7. The van der Waals surface area contributed by atoms with Gasteiger partial charge >= 0.3 is 0 Å². The van der Waals surface area contributed by atoms with Crippen molar-refractivity contribution in [2.24, 2.45) is 0 Å². The van der Waals surface area contributed by atoms with E-state index in [0.29, 0.717) is 6.61 Å². The lowest BCUT2D eigenvalue weighted by Crippen LogP contribution is -1.97. The van der Waals surface area contributed by atoms with Crippen LogP contribution in [0.2, 0.25) is 0 Å². The third kappa shape index (κ3) is 7.11. The molecule has 0 aliphatic heterocycles. The average Bonchev–Trinajstić information content (AvgIpc) is 3.03. The van der Waals surface area contributed by atoms with E-state index in [1.165, 1.54) is 27.7 Å². The molecule has 0 aliphatic carbocycles. The number of rotatable bonds is 5. The van der Waals surface area contributed by atoms with E-state index in [1.807, 2.05) is 38.1 Å². The molecule has 0 spiro atoms. The molecule has 0 radical (unpaired) electrons. The summed E-state index contributed by atoms with van der Waals surface area (Å²) in [5, 5.41) is 1.20. The average molecular weight is 378 g/mol. The molecule has 1 aromatic heterocycles. The van der Waals surface area contributed by atoms with Gasteiger partial charge in [0.05, 0.1) is 5.52 Å². The molecule has 0 bridgehead atoms. The standard InChI is InChI=1S/C18H19NO.C5H10.C3H6/c1-3-19-14(2)12-16-17(19)10-7-11-18(16)20-13-15-8-5-4-6-9-15;1-4-5(2)3;1-3-2/h4-12H,3,13H2,1-2H3;2,4H2,1,3H3;3H,1H2,2H3. The van der Waals surface area contributed by atoms with Crippen molar-refractivity contribution in [3.8, 4) is 5.75 Å². The molecule has 0 amide bonds. The minimum atomic E-state index is 0.607. The van der Waals surface area contributed by atoms with Gasteiger partial charge in [-0.1, -0.05) is 55.0 Å². The van der Waals surface area contributed by atoms with Crippen LogP contribution in [0.25, 0.3) is 10.9 Å². The number of benzene rings is 2. The third-order valence-electron chi connectivity index (χ3n) is 4.27. The summed E-state index contributed by atoms with van der Waals surface area (Å²) in [4.78, 5) is 0. The number of aromatic nitrogens is 1. The zero-order chi connectivity index (χ0) is 20.9. The first kappa shape index (κ1) is 23.3. The van der Waals surface area contributed by atoms with Gasteiger partial charge in [-0.25, -0.2) is 0 Å². The first-order valence-electron chi connectivity index (χ1n) is 9.95. The number of fused-ring (bicyclic) bond motifs is 1. The Morgan fingerprint density at radius 3 is 2.21 bits per heavy atom. The molecule has 3 rings (SSSR count). The predicted molar refractivity (Wildman–Crippen MR) is 124 cm³/mol. The second-order valence-corrected chi connectivity index (χ2v) is 6.71. The fourth-order valence-corrected chi connectivity index (χ4v) is 2.67. The van der Waals surface area contributed by atoms with Crippen molar-refractivity contribution >= 4 is 10.9 Å². The van der Waals surface area contributed by atoms with Crippen LogP contribution in [-0.4, -0.2) is 4.57 Å². The molecule has 28 heavy (non-hydrogen) atoms. The summed E-state index contributed by atoms with van der Waals surface area (Å²) in [6.07, 6.45) is 2.86. The molecule has 1 heterocycles. The Morgan fingerprint density at radius 2 is 1.68 bits per heavy atom. The van der Waals surface area contributed by atoms with Gasteiger partial charge in [-0.15, -0.1) is 13.2 Å². The van der Waals surface area contributed by atoms with Crippen LogP contribution >= 0.6 is 0 Å². The minimum Gasteiger partial charge on any atom is -0.488 e. The number of nitrogens with zero attached hydrogens (tertiary/aromatic N) is 1. The normalized spacial score (nSPS) is 9.61. The second kappa shape index (κ2) is 12.6. The fraction of sp³-hybridized carbons (Fsp3) is 0.308. The number of hydrogen-bond donors (Lipinski definition) is 0. The number of aryl methyl sites for hydroxylation is 2. The van der Waals surface area contributed by atoms with Gasteiger partial charge in [0.1, 0.15) is 12.4 Å². The van der Waals surface area contributed by atoms with Crippen molar-refractivity contribution < 1.29 is 4.74 Å². The highest BCUT2D eigenvalue weighted by atomic mass is 16.5. The maximum Gasteiger partial charge on any atom is 0.129 e. The maximum atomic E-state index is 6.00. The zero-order valence-corrected chi connectivity index (χ0v) is 18.2. The molecule has 2 aromatic carbocycles. The Balaban J connectivity index is 0.000000421. The number of ether oxygens (including phenoxy) is 1. The minimum absolute atomic E-state index is 0.607. The molecule has 0 fully saturated rings. The molecule has 0 atom stereocenters. The monoisotopic (exact) mass is 377 g/mol. The first-order valence-corrected chi connectivity index (χ1v) is 9.95. The van der Waals surface area contributed by atoms with Gasteiger partial charge in [0.2, 0.25) is 0 Å². The molecule has 0 N–H and O–H groups in total. The quantitative estimate of drug-likeness (QED) is 0.415. The van der Waals surface area contributed by atoms with Gasteiger partial charge < -0.3 is 9.30 Å². The first-order chi connectivity index (χ1) is 13.5. The lowest BCUT2D eigenvalue weighted by atomic mass is 10.2. The molecule has 0 aliphatic rings. The van der Waals surface area contributed by atoms with Crippen LogP contribution < -0.4 is 4.74 Å². The van der Waals surface area contributed by atoms with E-state index in [9.17, 15) is 0 Å². The van der Waals surface area contributed by atoms with Crippen molar-refractivity contribution in [3.05, 3.63) is 90.7 Å². The highest BCUT2D eigenvalue weighted by Gasteiger charge is 2.08. The Bertz CT molecular complexity index is 859. The highest BCUT2D eigenvalue weighted by molar-refractivity contribution is 5.87. The summed E-state index contributed by atoms with van der Waals surface area (Å²) < 4.78 is 8.32. The van der Waals surface area contributed by atoms with E-state index in [4.69, 9.17) is 4.74 Å². The molecule has 150 valence electrons. The van der Waals surface area contributed by atoms with Crippen LogP contribution in [0.3, 0.4) is 0 Å². The molecule has 2 heteroatoms. The maximum absolute atomic E-state index is 6.00. The highest BCUT2D eigenvalue weighted by Crippen LogP contribution is 2.29. The lowest BCUT2D eigenvalue weighted by molar-refractivity contribution is 0.310. The summed E-state index contributed by atoms with van der Waals surface area (Å²) >= 11 is 0. The summed E-state index contributed by atoms with van der Waals surface area (Å²) in [5.74, 6) is 0.960. The van der Waals surface area contributed by atoms with Gasteiger partial charge in [0.15, 0.2) is 0 Å². The molecule has 2 nitrogen and oxygen atoms in total. The van der Waals surface area contributed by atoms with Gasteiger partial charge in [0.25, 0.3) is 0 Å². The fourth-order valence-electron chi connectivity index (χ4n) is 2.67. The Hall–Kier alpha value is -2.74. The van der Waals surface area contributed by atoms with E-state index >= 15 is 0 Å². The molecular weight excluding hydrogens is 342 g/mol. The smallest absolute Gasteiger partial charge is 0.129 e. The van der Waals surface area contributed by atoms with Crippen LogP contribution in [0.1, 0.15) is 45.4 Å². The second-order valence-electron chi connectivity index (χ2n) is 6.71. The van der Waals surface area contributed by atoms with E-state index in [-0.39, 0.29) is 0 Å². The third-order valence-corrected chi connectivity index (χ3v) is 4.27. The Morgan fingerprint density at radius 1 is 1.07 bits per heavy atom. The summed E-state index contributed by atoms with van der Waals surface area (Å²) in [7, 11) is 0. The zero-order valence-electron chi connectivity index (χ0n) is 18.2. The van der Waals surface area contributed by atoms with E-state index in [2.05, 4.69) is 68.8 Å². The van der Waals surface area contributed by atoms with Crippen molar-refractivity contribution in [3.63, 3.8) is 0 Å². The van der Waals surface area contributed by atoms with Crippen molar-refractivity contribution in [1.29, 1.82) is 0 Å². The van der Waals surface area contributed by atoms with Gasteiger partial charge in [-0.05, 0) is 57.9 Å². The van der Waals surface area contributed by atoms with Crippen LogP contribution in [0.15, 0.2) is 79.4 Å². The van der Waals surface area contributed by atoms with Crippen molar-refractivity contribution in [2.45, 2.75) is 54.2 Å². The number of allylic oxidation sites excluding steroid dienone is 2. The van der Waals surface area contributed by atoms with Gasteiger partial charge in [0, 0.05) is 17.6 Å². The van der Waals surface area contributed by atoms with Crippen LogP contribution in [0.5, 0.6) is 5.75 Å². The predicted octanol–water partition coefficient (Wildman–Crippen LogP) is 7.71. The van der Waals surface area contributed by atoms with Crippen LogP contribution in [-0.2, 0) is 13.2 Å². The molecule has 0 saturated heterocycles. The van der Waals surface area contributed by atoms with Crippen molar-refractivity contribution in [1.82, 2.24) is 4.57 Å². The van der Waals surface area contributed by atoms with Crippen LogP contribution in [0, 0.1) is 6.92 Å².